The van der Waals surface area contributed by atoms with Gasteiger partial charge in [0.05, 0.1) is 29.8 Å². The molecule has 11 heteroatoms. The molecule has 2 aliphatic rings. The average Bonchev–Trinajstić information content (AvgIpc) is 3.63. The number of hydrogen-bond donors (Lipinski definition) is 1. The summed E-state index contributed by atoms with van der Waals surface area (Å²) in [6.07, 6.45) is 4.81. The standard InChI is InChI=1S/C26H20N4O5S2/c1-15-4-2-8-29-23(15)28-22(27-12-17-5-3-9-33-17)18(24(29)31)11-21-25(32)30(26(36)37-21)13-16-6-7-19-20(10-16)35-14-34-19/h2-11,27H,12-14H2,1H3. The summed E-state index contributed by atoms with van der Waals surface area (Å²) in [7, 11) is 0. The zero-order valence-corrected chi connectivity index (χ0v) is 21.2. The minimum atomic E-state index is -0.295. The number of thioether (sulfide) groups is 1. The number of carbonyl (C=O) groups is 1. The third-order valence-corrected chi connectivity index (χ3v) is 7.40. The molecule has 3 aromatic heterocycles. The first-order valence-corrected chi connectivity index (χ1v) is 12.6. The molecule has 0 aliphatic carbocycles. The van der Waals surface area contributed by atoms with Crippen LogP contribution < -0.4 is 20.3 Å². The van der Waals surface area contributed by atoms with Gasteiger partial charge < -0.3 is 19.2 Å². The lowest BCUT2D eigenvalue weighted by atomic mass is 10.2. The molecule has 0 radical (unpaired) electrons. The van der Waals surface area contributed by atoms with Crippen molar-refractivity contribution in [2.45, 2.75) is 20.0 Å². The van der Waals surface area contributed by atoms with E-state index in [2.05, 4.69) is 5.32 Å². The molecule has 0 spiro atoms. The Hall–Kier alpha value is -4.09. The number of anilines is 1. The van der Waals surface area contributed by atoms with Gasteiger partial charge in [-0.05, 0) is 54.5 Å². The molecular weight excluding hydrogens is 512 g/mol. The topological polar surface area (TPSA) is 98.3 Å². The third-order valence-electron chi connectivity index (χ3n) is 6.02. The minimum absolute atomic E-state index is 0.174. The van der Waals surface area contributed by atoms with Crippen molar-refractivity contribution >= 4 is 51.7 Å². The fourth-order valence-corrected chi connectivity index (χ4v) is 5.39. The molecule has 1 aromatic carbocycles. The number of aromatic nitrogens is 2. The Balaban J connectivity index is 1.35. The summed E-state index contributed by atoms with van der Waals surface area (Å²) in [6.45, 7) is 2.66. The van der Waals surface area contributed by atoms with Gasteiger partial charge in [-0.2, -0.15) is 0 Å². The molecule has 186 valence electrons. The van der Waals surface area contributed by atoms with Gasteiger partial charge in [-0.1, -0.05) is 36.1 Å². The fraction of sp³-hybridized carbons (Fsp3) is 0.154. The van der Waals surface area contributed by atoms with Crippen LogP contribution in [0.5, 0.6) is 11.5 Å². The second-order valence-corrected chi connectivity index (χ2v) is 10.1. The summed E-state index contributed by atoms with van der Waals surface area (Å²) in [5, 5.41) is 3.20. The van der Waals surface area contributed by atoms with Crippen LogP contribution >= 0.6 is 24.0 Å². The summed E-state index contributed by atoms with van der Waals surface area (Å²) in [6, 6.07) is 12.8. The summed E-state index contributed by atoms with van der Waals surface area (Å²) >= 11 is 6.67. The molecule has 0 bridgehead atoms. The van der Waals surface area contributed by atoms with E-state index in [1.54, 1.807) is 30.7 Å². The van der Waals surface area contributed by atoms with E-state index in [4.69, 9.17) is 31.1 Å². The number of nitrogens with zero attached hydrogens (tertiary/aromatic N) is 3. The van der Waals surface area contributed by atoms with Crippen molar-refractivity contribution in [3.63, 3.8) is 0 Å². The van der Waals surface area contributed by atoms with Gasteiger partial charge in [0.2, 0.25) is 6.79 Å². The molecule has 37 heavy (non-hydrogen) atoms. The first-order valence-electron chi connectivity index (χ1n) is 11.4. The van der Waals surface area contributed by atoms with Crippen molar-refractivity contribution in [1.82, 2.24) is 14.3 Å². The molecule has 0 unspecified atom stereocenters. The number of aryl methyl sites for hydroxylation is 1. The van der Waals surface area contributed by atoms with Crippen LogP contribution in [0.4, 0.5) is 5.82 Å². The van der Waals surface area contributed by atoms with E-state index in [9.17, 15) is 9.59 Å². The summed E-state index contributed by atoms with van der Waals surface area (Å²) < 4.78 is 18.1. The number of rotatable bonds is 6. The summed E-state index contributed by atoms with van der Waals surface area (Å²) in [5.74, 6) is 2.07. The second-order valence-electron chi connectivity index (χ2n) is 8.45. The van der Waals surface area contributed by atoms with Crippen molar-refractivity contribution in [2.75, 3.05) is 12.1 Å². The molecule has 5 heterocycles. The highest BCUT2D eigenvalue weighted by Gasteiger charge is 2.33. The van der Waals surface area contributed by atoms with Crippen LogP contribution in [0.25, 0.3) is 11.7 Å². The highest BCUT2D eigenvalue weighted by atomic mass is 32.2. The molecule has 4 aromatic rings. The minimum Gasteiger partial charge on any atom is -0.467 e. The van der Waals surface area contributed by atoms with Crippen LogP contribution in [0.15, 0.2) is 69.0 Å². The van der Waals surface area contributed by atoms with Gasteiger partial charge in [0.1, 0.15) is 21.5 Å². The average molecular weight is 533 g/mol. The Labute approximate surface area is 220 Å². The Bertz CT molecular complexity index is 1640. The Kier molecular flexibility index (Phi) is 5.93. The second kappa shape index (κ2) is 9.41. The molecule has 2 aliphatic heterocycles. The lowest BCUT2D eigenvalue weighted by molar-refractivity contribution is -0.122. The van der Waals surface area contributed by atoms with Gasteiger partial charge in [-0.15, -0.1) is 0 Å². The smallest absolute Gasteiger partial charge is 0.267 e. The number of furan rings is 1. The van der Waals surface area contributed by atoms with E-state index < -0.39 is 0 Å². The Morgan fingerprint density at radius 2 is 2.03 bits per heavy atom. The van der Waals surface area contributed by atoms with Crippen molar-refractivity contribution in [1.29, 1.82) is 0 Å². The fourth-order valence-electron chi connectivity index (χ4n) is 4.15. The van der Waals surface area contributed by atoms with E-state index in [1.807, 2.05) is 37.3 Å². The largest absolute Gasteiger partial charge is 0.467 e. The van der Waals surface area contributed by atoms with Gasteiger partial charge >= 0.3 is 0 Å². The molecule has 0 atom stereocenters. The van der Waals surface area contributed by atoms with Gasteiger partial charge in [-0.25, -0.2) is 4.98 Å². The van der Waals surface area contributed by atoms with Crippen LogP contribution in [0.1, 0.15) is 22.5 Å². The summed E-state index contributed by atoms with van der Waals surface area (Å²) in [5.41, 5.74) is 2.20. The first kappa shape index (κ1) is 23.3. The zero-order valence-electron chi connectivity index (χ0n) is 19.6. The maximum Gasteiger partial charge on any atom is 0.267 e. The monoisotopic (exact) mass is 532 g/mol. The van der Waals surface area contributed by atoms with Crippen LogP contribution in [-0.2, 0) is 17.9 Å². The number of pyridine rings is 1. The predicted molar refractivity (Wildman–Crippen MR) is 144 cm³/mol. The lowest BCUT2D eigenvalue weighted by Gasteiger charge is -2.15. The maximum absolute atomic E-state index is 13.5. The van der Waals surface area contributed by atoms with E-state index in [1.165, 1.54) is 9.30 Å². The van der Waals surface area contributed by atoms with Crippen LogP contribution in [0.2, 0.25) is 0 Å². The normalized spacial score (nSPS) is 15.8. The van der Waals surface area contributed by atoms with Crippen molar-refractivity contribution in [3.8, 4) is 11.5 Å². The quantitative estimate of drug-likeness (QED) is 0.287. The number of thiocarbonyl (C=S) groups is 1. The zero-order chi connectivity index (χ0) is 25.5. The number of ether oxygens (including phenoxy) is 2. The van der Waals surface area contributed by atoms with Crippen LogP contribution in [0.3, 0.4) is 0 Å². The molecule has 1 amide bonds. The third kappa shape index (κ3) is 4.36. The maximum atomic E-state index is 13.5. The number of amides is 1. The van der Waals surface area contributed by atoms with Crippen LogP contribution in [-0.4, -0.2) is 31.3 Å². The highest BCUT2D eigenvalue weighted by molar-refractivity contribution is 8.26. The van der Waals surface area contributed by atoms with Crippen molar-refractivity contribution in [3.05, 3.63) is 92.6 Å². The molecule has 0 saturated carbocycles. The Morgan fingerprint density at radius 1 is 1.16 bits per heavy atom. The first-order chi connectivity index (χ1) is 18.0. The lowest BCUT2D eigenvalue weighted by Crippen LogP contribution is -2.27. The van der Waals surface area contributed by atoms with Crippen molar-refractivity contribution in [2.24, 2.45) is 0 Å². The van der Waals surface area contributed by atoms with E-state index in [0.29, 0.717) is 44.5 Å². The van der Waals surface area contributed by atoms with Gasteiger partial charge in [-0.3, -0.25) is 18.9 Å². The van der Waals surface area contributed by atoms with Crippen molar-refractivity contribution < 1.29 is 18.7 Å². The van der Waals surface area contributed by atoms with Gasteiger partial charge in [0.15, 0.2) is 11.5 Å². The number of carbonyl (C=O) groups excluding carboxylic acids is 1. The Morgan fingerprint density at radius 3 is 2.86 bits per heavy atom. The summed E-state index contributed by atoms with van der Waals surface area (Å²) in [4.78, 5) is 33.5. The molecule has 9 nitrogen and oxygen atoms in total. The number of nitrogens with one attached hydrogen (secondary N) is 1. The van der Waals surface area contributed by atoms with Gasteiger partial charge in [0, 0.05) is 6.20 Å². The van der Waals surface area contributed by atoms with E-state index in [-0.39, 0.29) is 30.4 Å². The molecule has 1 N–H and O–H groups in total. The number of benzene rings is 1. The highest BCUT2D eigenvalue weighted by Crippen LogP contribution is 2.36. The SMILES string of the molecule is Cc1cccn2c(=O)c(C=C3SC(=S)N(Cc4ccc5c(c4)OCO5)C3=O)c(NCc3ccco3)nc12. The number of fused-ring (bicyclic) bond motifs is 2. The molecule has 1 saturated heterocycles. The number of hydrogen-bond acceptors (Lipinski definition) is 9. The van der Waals surface area contributed by atoms with Gasteiger partial charge in [0.25, 0.3) is 11.5 Å². The molecule has 1 fully saturated rings. The molecular formula is C26H20N4O5S2. The predicted octanol–water partition coefficient (Wildman–Crippen LogP) is 4.34. The van der Waals surface area contributed by atoms with E-state index in [0.717, 1.165) is 22.9 Å². The molecule has 6 rings (SSSR count). The van der Waals surface area contributed by atoms with Crippen LogP contribution in [0, 0.1) is 6.92 Å². The van der Waals surface area contributed by atoms with E-state index >= 15 is 0 Å².